The number of nitrogens with one attached hydrogen (secondary N) is 2. The van der Waals surface area contributed by atoms with Crippen LogP contribution in [0.4, 0.5) is 4.79 Å². The summed E-state index contributed by atoms with van der Waals surface area (Å²) in [5.74, 6) is 0.580. The predicted octanol–water partition coefficient (Wildman–Crippen LogP) is 3.46. The first-order valence-corrected chi connectivity index (χ1v) is 11.5. The van der Waals surface area contributed by atoms with Gasteiger partial charge in [-0.2, -0.15) is 0 Å². The fraction of sp³-hybridized carbons (Fsp3) is 0.409. The van der Waals surface area contributed by atoms with Crippen LogP contribution in [-0.4, -0.2) is 33.4 Å². The second kappa shape index (κ2) is 11.6. The van der Waals surface area contributed by atoms with E-state index in [9.17, 15) is 13.2 Å². The van der Waals surface area contributed by atoms with E-state index in [0.717, 1.165) is 11.1 Å². The first-order valence-electron chi connectivity index (χ1n) is 9.85. The molecule has 0 aromatic heterocycles. The summed E-state index contributed by atoms with van der Waals surface area (Å²) < 4.78 is 38.3. The molecule has 0 saturated heterocycles. The highest BCUT2D eigenvalue weighted by Crippen LogP contribution is 2.17. The molecule has 0 heterocycles. The van der Waals surface area contributed by atoms with Gasteiger partial charge in [-0.05, 0) is 24.0 Å². The summed E-state index contributed by atoms with van der Waals surface area (Å²) in [5.41, 5.74) is 1.60. The van der Waals surface area contributed by atoms with Gasteiger partial charge in [0.25, 0.3) is 0 Å². The molecule has 7 nitrogen and oxygen atoms in total. The van der Waals surface area contributed by atoms with E-state index in [1.165, 1.54) is 7.11 Å². The van der Waals surface area contributed by atoms with Crippen molar-refractivity contribution in [1.29, 1.82) is 0 Å². The van der Waals surface area contributed by atoms with Crippen molar-refractivity contribution in [3.05, 3.63) is 65.7 Å². The Balaban J connectivity index is 1.93. The fourth-order valence-electron chi connectivity index (χ4n) is 3.03. The Labute approximate surface area is 178 Å². The van der Waals surface area contributed by atoms with Crippen molar-refractivity contribution in [3.63, 3.8) is 0 Å². The number of ether oxygens (including phenoxy) is 2. The lowest BCUT2D eigenvalue weighted by molar-refractivity contribution is 0.135. The van der Waals surface area contributed by atoms with E-state index in [2.05, 4.69) is 10.0 Å². The van der Waals surface area contributed by atoms with Crippen molar-refractivity contribution in [3.8, 4) is 5.75 Å². The number of methoxy groups -OCH3 is 1. The van der Waals surface area contributed by atoms with Crippen LogP contribution in [0.1, 0.15) is 31.4 Å². The molecule has 0 aliphatic rings. The molecule has 0 spiro atoms. The van der Waals surface area contributed by atoms with Crippen LogP contribution < -0.4 is 14.8 Å². The average molecular weight is 435 g/mol. The molecule has 30 heavy (non-hydrogen) atoms. The Morgan fingerprint density at radius 3 is 2.37 bits per heavy atom. The Bertz CT molecular complexity index is 901. The molecule has 0 fully saturated rings. The summed E-state index contributed by atoms with van der Waals surface area (Å²) >= 11 is 0. The molecule has 0 aliphatic heterocycles. The third kappa shape index (κ3) is 8.42. The molecule has 8 heteroatoms. The summed E-state index contributed by atoms with van der Waals surface area (Å²) in [6.45, 7) is 4.18. The van der Waals surface area contributed by atoms with Crippen LogP contribution >= 0.6 is 0 Å². The maximum absolute atomic E-state index is 12.6. The van der Waals surface area contributed by atoms with E-state index in [-0.39, 0.29) is 24.8 Å². The number of hydrogen-bond donors (Lipinski definition) is 2. The second-order valence-corrected chi connectivity index (χ2v) is 9.30. The Kier molecular flexibility index (Phi) is 9.14. The molecule has 0 aliphatic carbocycles. The first-order chi connectivity index (χ1) is 14.3. The van der Waals surface area contributed by atoms with Crippen LogP contribution in [0.5, 0.6) is 5.75 Å². The van der Waals surface area contributed by atoms with Crippen LogP contribution in [0.2, 0.25) is 0 Å². The number of alkyl carbamates (subject to hydrolysis) is 1. The SMILES string of the molecule is COc1ccccc1CNS(=O)(=O)C[C@H](CC(C)C)NC(=O)OCc1ccccc1. The monoisotopic (exact) mass is 434 g/mol. The van der Waals surface area contributed by atoms with Crippen LogP contribution in [0.3, 0.4) is 0 Å². The molecule has 0 bridgehead atoms. The van der Waals surface area contributed by atoms with E-state index in [1.54, 1.807) is 12.1 Å². The van der Waals surface area contributed by atoms with Crippen LogP contribution in [0.15, 0.2) is 54.6 Å². The zero-order valence-corrected chi connectivity index (χ0v) is 18.4. The molecular weight excluding hydrogens is 404 g/mol. The lowest BCUT2D eigenvalue weighted by atomic mass is 10.1. The highest BCUT2D eigenvalue weighted by Gasteiger charge is 2.23. The molecule has 2 N–H and O–H groups in total. The standard InChI is InChI=1S/C22H30N2O5S/c1-17(2)13-20(24-22(25)29-15-18-9-5-4-6-10-18)16-30(26,27)23-14-19-11-7-8-12-21(19)28-3/h4-12,17,20,23H,13-16H2,1-3H3,(H,24,25)/t20-/m0/s1. The minimum atomic E-state index is -3.64. The van der Waals surface area contributed by atoms with Crippen molar-refractivity contribution in [2.24, 2.45) is 5.92 Å². The Morgan fingerprint density at radius 1 is 1.03 bits per heavy atom. The minimum Gasteiger partial charge on any atom is -0.496 e. The number of carbonyl (C=O) groups excluding carboxylic acids is 1. The maximum atomic E-state index is 12.6. The fourth-order valence-corrected chi connectivity index (χ4v) is 4.27. The molecule has 164 valence electrons. The smallest absolute Gasteiger partial charge is 0.407 e. The van der Waals surface area contributed by atoms with Crippen LogP contribution in [-0.2, 0) is 27.9 Å². The summed E-state index contributed by atoms with van der Waals surface area (Å²) in [7, 11) is -2.10. The van der Waals surface area contributed by atoms with Gasteiger partial charge in [0, 0.05) is 18.2 Å². The number of sulfonamides is 1. The van der Waals surface area contributed by atoms with E-state index in [4.69, 9.17) is 9.47 Å². The van der Waals surface area contributed by atoms with Crippen LogP contribution in [0.25, 0.3) is 0 Å². The zero-order valence-electron chi connectivity index (χ0n) is 17.6. The summed E-state index contributed by atoms with van der Waals surface area (Å²) in [6.07, 6.45) is -0.125. The first kappa shape index (κ1) is 23.7. The van der Waals surface area contributed by atoms with E-state index in [1.807, 2.05) is 56.3 Å². The lowest BCUT2D eigenvalue weighted by Crippen LogP contribution is -2.43. The third-order valence-corrected chi connectivity index (χ3v) is 5.81. The van der Waals surface area contributed by atoms with Gasteiger partial charge in [-0.3, -0.25) is 0 Å². The summed E-state index contributed by atoms with van der Waals surface area (Å²) in [5, 5.41) is 2.69. The van der Waals surface area contributed by atoms with E-state index >= 15 is 0 Å². The van der Waals surface area contributed by atoms with Gasteiger partial charge in [0.05, 0.1) is 12.9 Å². The van der Waals surface area contributed by atoms with Crippen molar-refractivity contribution >= 4 is 16.1 Å². The van der Waals surface area contributed by atoms with Crippen LogP contribution in [0, 0.1) is 5.92 Å². The van der Waals surface area contributed by atoms with Gasteiger partial charge in [-0.1, -0.05) is 62.4 Å². The van der Waals surface area contributed by atoms with E-state index < -0.39 is 22.2 Å². The summed E-state index contributed by atoms with van der Waals surface area (Å²) in [6, 6.07) is 15.9. The molecule has 2 aromatic rings. The topological polar surface area (TPSA) is 93.7 Å². The lowest BCUT2D eigenvalue weighted by Gasteiger charge is -2.21. The molecule has 1 amide bonds. The molecule has 0 radical (unpaired) electrons. The largest absolute Gasteiger partial charge is 0.496 e. The zero-order chi connectivity index (χ0) is 22.0. The highest BCUT2D eigenvalue weighted by atomic mass is 32.2. The van der Waals surface area contributed by atoms with E-state index in [0.29, 0.717) is 12.2 Å². The quantitative estimate of drug-likeness (QED) is 0.565. The second-order valence-electron chi connectivity index (χ2n) is 7.45. The number of amides is 1. The molecule has 2 rings (SSSR count). The van der Waals surface area contributed by atoms with Gasteiger partial charge in [-0.25, -0.2) is 17.9 Å². The van der Waals surface area contributed by atoms with Gasteiger partial charge in [0.1, 0.15) is 12.4 Å². The number of para-hydroxylation sites is 1. The molecule has 0 saturated carbocycles. The molecule has 0 unspecified atom stereocenters. The minimum absolute atomic E-state index is 0.110. The van der Waals surface area contributed by atoms with Gasteiger partial charge < -0.3 is 14.8 Å². The Hall–Kier alpha value is -2.58. The normalized spacial score (nSPS) is 12.4. The number of benzene rings is 2. The molecule has 1 atom stereocenters. The van der Waals surface area contributed by atoms with Gasteiger partial charge in [0.2, 0.25) is 10.0 Å². The number of carbonyl (C=O) groups is 1. The van der Waals surface area contributed by atoms with Gasteiger partial charge >= 0.3 is 6.09 Å². The van der Waals surface area contributed by atoms with Crippen molar-refractivity contribution < 1.29 is 22.7 Å². The van der Waals surface area contributed by atoms with Crippen molar-refractivity contribution in [2.75, 3.05) is 12.9 Å². The van der Waals surface area contributed by atoms with Crippen molar-refractivity contribution in [2.45, 2.75) is 39.5 Å². The maximum Gasteiger partial charge on any atom is 0.407 e. The summed E-state index contributed by atoms with van der Waals surface area (Å²) in [4.78, 5) is 12.2. The van der Waals surface area contributed by atoms with Crippen molar-refractivity contribution in [1.82, 2.24) is 10.0 Å². The Morgan fingerprint density at radius 2 is 1.70 bits per heavy atom. The third-order valence-electron chi connectivity index (χ3n) is 4.39. The highest BCUT2D eigenvalue weighted by molar-refractivity contribution is 7.89. The predicted molar refractivity (Wildman–Crippen MR) is 117 cm³/mol. The number of rotatable bonds is 11. The molecule has 2 aromatic carbocycles. The molecular formula is C22H30N2O5S. The van der Waals surface area contributed by atoms with Gasteiger partial charge in [0.15, 0.2) is 0 Å². The van der Waals surface area contributed by atoms with Gasteiger partial charge in [-0.15, -0.1) is 0 Å². The average Bonchev–Trinajstić information content (AvgIpc) is 2.71. The number of hydrogen-bond acceptors (Lipinski definition) is 5.